The number of nitrogens with zero attached hydrogens (tertiary/aromatic N) is 1. The highest BCUT2D eigenvalue weighted by Gasteiger charge is 2.14. The first-order chi connectivity index (χ1) is 8.66. The highest BCUT2D eigenvalue weighted by atomic mass is 35.5. The first-order valence-corrected chi connectivity index (χ1v) is 6.80. The summed E-state index contributed by atoms with van der Waals surface area (Å²) in [7, 11) is 0. The molecule has 98 valence electrons. The minimum Gasteiger partial charge on any atom is -0.481 e. The summed E-state index contributed by atoms with van der Waals surface area (Å²) < 4.78 is 0. The van der Waals surface area contributed by atoms with E-state index < -0.39 is 5.97 Å². The zero-order valence-electron chi connectivity index (χ0n) is 10.4. The normalized spacial score (nSPS) is 15.7. The maximum absolute atomic E-state index is 10.6. The molecule has 1 N–H and O–H groups in total. The van der Waals surface area contributed by atoms with Crippen LogP contribution in [-0.2, 0) is 11.2 Å². The van der Waals surface area contributed by atoms with E-state index in [0.717, 1.165) is 29.4 Å². The number of carboxylic acid groups (broad SMARTS) is 1. The van der Waals surface area contributed by atoms with Crippen LogP contribution in [0.15, 0.2) is 18.2 Å². The van der Waals surface area contributed by atoms with Gasteiger partial charge in [0.2, 0.25) is 0 Å². The lowest BCUT2D eigenvalue weighted by Crippen LogP contribution is -2.29. The Bertz CT molecular complexity index is 428. The summed E-state index contributed by atoms with van der Waals surface area (Å²) in [5, 5.41) is 9.47. The van der Waals surface area contributed by atoms with E-state index in [1.807, 2.05) is 18.2 Å². The SMILES string of the molecule is O=C(O)CCc1ccc(Cl)c(N2CCCCC2)c1. The van der Waals surface area contributed by atoms with Crippen LogP contribution in [0.25, 0.3) is 0 Å². The van der Waals surface area contributed by atoms with E-state index >= 15 is 0 Å². The van der Waals surface area contributed by atoms with Crippen molar-refractivity contribution in [2.24, 2.45) is 0 Å². The van der Waals surface area contributed by atoms with Crippen molar-refractivity contribution in [2.75, 3.05) is 18.0 Å². The van der Waals surface area contributed by atoms with E-state index in [-0.39, 0.29) is 6.42 Å². The van der Waals surface area contributed by atoms with Gasteiger partial charge in [-0.3, -0.25) is 4.79 Å². The summed E-state index contributed by atoms with van der Waals surface area (Å²) >= 11 is 6.23. The standard InChI is InChI=1S/C14H18ClNO2/c15-12-6-4-11(5-7-14(17)18)10-13(12)16-8-2-1-3-9-16/h4,6,10H,1-3,5,7-9H2,(H,17,18). The molecule has 0 unspecified atom stereocenters. The molecule has 2 rings (SSSR count). The molecule has 1 aliphatic rings. The van der Waals surface area contributed by atoms with Crippen LogP contribution in [0.5, 0.6) is 0 Å². The molecule has 1 fully saturated rings. The topological polar surface area (TPSA) is 40.5 Å². The second kappa shape index (κ2) is 6.10. The zero-order valence-corrected chi connectivity index (χ0v) is 11.1. The number of hydrogen-bond donors (Lipinski definition) is 1. The van der Waals surface area contributed by atoms with E-state index in [0.29, 0.717) is 6.42 Å². The summed E-state index contributed by atoms with van der Waals surface area (Å²) in [6.45, 7) is 2.09. The van der Waals surface area contributed by atoms with Gasteiger partial charge < -0.3 is 10.0 Å². The maximum Gasteiger partial charge on any atom is 0.303 e. The first kappa shape index (κ1) is 13.2. The molecule has 0 atom stereocenters. The first-order valence-electron chi connectivity index (χ1n) is 6.42. The van der Waals surface area contributed by atoms with Gasteiger partial charge in [-0.05, 0) is 43.4 Å². The van der Waals surface area contributed by atoms with Gasteiger partial charge in [0.25, 0.3) is 0 Å². The molecule has 1 heterocycles. The predicted molar refractivity (Wildman–Crippen MR) is 73.5 cm³/mol. The Morgan fingerprint density at radius 2 is 2.00 bits per heavy atom. The monoisotopic (exact) mass is 267 g/mol. The van der Waals surface area contributed by atoms with Crippen LogP contribution in [0.1, 0.15) is 31.2 Å². The summed E-state index contributed by atoms with van der Waals surface area (Å²) in [5.41, 5.74) is 2.10. The van der Waals surface area contributed by atoms with Crippen molar-refractivity contribution in [1.29, 1.82) is 0 Å². The molecular weight excluding hydrogens is 250 g/mol. The van der Waals surface area contributed by atoms with Crippen molar-refractivity contribution in [3.63, 3.8) is 0 Å². The average Bonchev–Trinajstić information content (AvgIpc) is 2.38. The lowest BCUT2D eigenvalue weighted by atomic mass is 10.1. The Balaban J connectivity index is 2.12. The molecule has 0 bridgehead atoms. The third-order valence-corrected chi connectivity index (χ3v) is 3.65. The fourth-order valence-electron chi connectivity index (χ4n) is 2.34. The average molecular weight is 268 g/mol. The van der Waals surface area contributed by atoms with Gasteiger partial charge in [0, 0.05) is 19.5 Å². The number of hydrogen-bond acceptors (Lipinski definition) is 2. The molecule has 0 aliphatic carbocycles. The van der Waals surface area contributed by atoms with Crippen LogP contribution in [-0.4, -0.2) is 24.2 Å². The highest BCUT2D eigenvalue weighted by molar-refractivity contribution is 6.33. The Morgan fingerprint density at radius 3 is 2.67 bits per heavy atom. The van der Waals surface area contributed by atoms with Crippen molar-refractivity contribution in [2.45, 2.75) is 32.1 Å². The number of piperidine rings is 1. The van der Waals surface area contributed by atoms with E-state index in [4.69, 9.17) is 16.7 Å². The number of aliphatic carboxylic acids is 1. The Morgan fingerprint density at radius 1 is 1.28 bits per heavy atom. The fourth-order valence-corrected chi connectivity index (χ4v) is 2.58. The van der Waals surface area contributed by atoms with Crippen molar-refractivity contribution in [3.05, 3.63) is 28.8 Å². The van der Waals surface area contributed by atoms with E-state index in [2.05, 4.69) is 4.90 Å². The van der Waals surface area contributed by atoms with Gasteiger partial charge >= 0.3 is 5.97 Å². The van der Waals surface area contributed by atoms with Gasteiger partial charge in [0.05, 0.1) is 10.7 Å². The van der Waals surface area contributed by atoms with Crippen LogP contribution in [0, 0.1) is 0 Å². The van der Waals surface area contributed by atoms with Gasteiger partial charge in [-0.15, -0.1) is 0 Å². The molecule has 0 aromatic heterocycles. The fraction of sp³-hybridized carbons (Fsp3) is 0.500. The van der Waals surface area contributed by atoms with E-state index in [9.17, 15) is 4.79 Å². The number of aryl methyl sites for hydroxylation is 1. The largest absolute Gasteiger partial charge is 0.481 e. The number of halogens is 1. The number of carboxylic acids is 1. The van der Waals surface area contributed by atoms with Crippen molar-refractivity contribution < 1.29 is 9.90 Å². The van der Waals surface area contributed by atoms with Gasteiger partial charge in [0.15, 0.2) is 0 Å². The van der Waals surface area contributed by atoms with E-state index in [1.54, 1.807) is 0 Å². The Kier molecular flexibility index (Phi) is 4.48. The number of carbonyl (C=O) groups is 1. The Hall–Kier alpha value is -1.22. The zero-order chi connectivity index (χ0) is 13.0. The van der Waals surface area contributed by atoms with Crippen molar-refractivity contribution in [3.8, 4) is 0 Å². The molecule has 18 heavy (non-hydrogen) atoms. The maximum atomic E-state index is 10.6. The number of rotatable bonds is 4. The quantitative estimate of drug-likeness (QED) is 0.910. The predicted octanol–water partition coefficient (Wildman–Crippen LogP) is 3.35. The summed E-state index contributed by atoms with van der Waals surface area (Å²) in [5.74, 6) is -0.760. The smallest absolute Gasteiger partial charge is 0.303 e. The van der Waals surface area contributed by atoms with Crippen LogP contribution in [0.2, 0.25) is 5.02 Å². The molecule has 4 heteroatoms. The van der Waals surface area contributed by atoms with Crippen LogP contribution < -0.4 is 4.90 Å². The van der Waals surface area contributed by atoms with Gasteiger partial charge in [-0.2, -0.15) is 0 Å². The molecular formula is C14H18ClNO2. The molecule has 0 saturated carbocycles. The van der Waals surface area contributed by atoms with Crippen LogP contribution in [0.4, 0.5) is 5.69 Å². The molecule has 0 amide bonds. The minimum absolute atomic E-state index is 0.168. The van der Waals surface area contributed by atoms with Gasteiger partial charge in [-0.25, -0.2) is 0 Å². The molecule has 1 aromatic carbocycles. The van der Waals surface area contributed by atoms with E-state index in [1.165, 1.54) is 19.3 Å². The Labute approximate surface area is 112 Å². The molecule has 1 aliphatic heterocycles. The van der Waals surface area contributed by atoms with Crippen LogP contribution in [0.3, 0.4) is 0 Å². The molecule has 1 saturated heterocycles. The van der Waals surface area contributed by atoms with Gasteiger partial charge in [-0.1, -0.05) is 17.7 Å². The van der Waals surface area contributed by atoms with Crippen molar-refractivity contribution >= 4 is 23.3 Å². The molecule has 1 aromatic rings. The second-order valence-electron chi connectivity index (χ2n) is 4.73. The number of benzene rings is 1. The van der Waals surface area contributed by atoms with Gasteiger partial charge in [0.1, 0.15) is 0 Å². The summed E-state index contributed by atoms with van der Waals surface area (Å²) in [4.78, 5) is 12.9. The van der Waals surface area contributed by atoms with Crippen LogP contribution >= 0.6 is 11.6 Å². The minimum atomic E-state index is -0.760. The molecule has 0 radical (unpaired) electrons. The number of anilines is 1. The lowest BCUT2D eigenvalue weighted by Gasteiger charge is -2.30. The summed E-state index contributed by atoms with van der Waals surface area (Å²) in [6, 6.07) is 5.83. The lowest BCUT2D eigenvalue weighted by molar-refractivity contribution is -0.136. The van der Waals surface area contributed by atoms with Crippen molar-refractivity contribution in [1.82, 2.24) is 0 Å². The third-order valence-electron chi connectivity index (χ3n) is 3.33. The summed E-state index contributed by atoms with van der Waals surface area (Å²) in [6.07, 6.45) is 4.42. The molecule has 3 nitrogen and oxygen atoms in total. The molecule has 0 spiro atoms. The highest BCUT2D eigenvalue weighted by Crippen LogP contribution is 2.29. The second-order valence-corrected chi connectivity index (χ2v) is 5.13. The third kappa shape index (κ3) is 3.39.